The zero-order valence-corrected chi connectivity index (χ0v) is 17.0. The molecule has 0 saturated carbocycles. The van der Waals surface area contributed by atoms with Gasteiger partial charge < -0.3 is 5.32 Å². The van der Waals surface area contributed by atoms with Gasteiger partial charge in [-0.25, -0.2) is 13.8 Å². The van der Waals surface area contributed by atoms with Crippen molar-refractivity contribution in [2.24, 2.45) is 0 Å². The minimum Gasteiger partial charge on any atom is -0.306 e. The number of aryl methyl sites for hydroxylation is 1. The van der Waals surface area contributed by atoms with Crippen LogP contribution in [-0.4, -0.2) is 10.9 Å². The van der Waals surface area contributed by atoms with Crippen LogP contribution in [0.4, 0.5) is 14.6 Å². The number of aromatic nitrogens is 1. The third-order valence-electron chi connectivity index (χ3n) is 4.73. The Morgan fingerprint density at radius 1 is 1.03 bits per heavy atom. The molecular formula is C25H22F2N2O. The number of amides is 1. The monoisotopic (exact) mass is 404 g/mol. The number of rotatable bonds is 5. The number of nitrogens with zero attached hydrogens (tertiary/aromatic N) is 1. The van der Waals surface area contributed by atoms with E-state index in [1.54, 1.807) is 12.3 Å². The molecule has 0 unspecified atom stereocenters. The summed E-state index contributed by atoms with van der Waals surface area (Å²) in [6.45, 7) is 5.98. The Morgan fingerprint density at radius 2 is 1.77 bits per heavy atom. The maximum Gasteiger partial charge on any atom is 0.262 e. The number of hydrogen-bond acceptors (Lipinski definition) is 2. The molecular weight excluding hydrogens is 382 g/mol. The molecule has 0 spiro atoms. The van der Waals surface area contributed by atoms with Crippen LogP contribution in [0.5, 0.6) is 0 Å². The molecule has 0 fully saturated rings. The molecule has 0 radical (unpaired) electrons. The SMILES string of the molecule is C/C=C\C(=C/C)c1ccc(C)c(-c2ccc(NC(=O)c3c(F)cccc3F)nc2)c1. The average Bonchev–Trinajstić information content (AvgIpc) is 2.73. The van der Waals surface area contributed by atoms with Gasteiger partial charge >= 0.3 is 0 Å². The first kappa shape index (κ1) is 21.1. The quantitative estimate of drug-likeness (QED) is 0.489. The van der Waals surface area contributed by atoms with E-state index in [1.165, 1.54) is 6.07 Å². The summed E-state index contributed by atoms with van der Waals surface area (Å²) >= 11 is 0. The highest BCUT2D eigenvalue weighted by Gasteiger charge is 2.17. The maximum atomic E-state index is 13.8. The number of anilines is 1. The molecule has 1 amide bonds. The Balaban J connectivity index is 1.87. The van der Waals surface area contributed by atoms with Crippen molar-refractivity contribution >= 4 is 17.3 Å². The molecule has 3 aromatic rings. The van der Waals surface area contributed by atoms with Crippen LogP contribution in [0.1, 0.15) is 35.3 Å². The summed E-state index contributed by atoms with van der Waals surface area (Å²) in [5, 5.41) is 2.44. The molecule has 0 atom stereocenters. The lowest BCUT2D eigenvalue weighted by Gasteiger charge is -2.11. The minimum atomic E-state index is -0.919. The number of benzene rings is 2. The van der Waals surface area contributed by atoms with Crippen LogP contribution in [0.15, 0.2) is 73.0 Å². The molecule has 30 heavy (non-hydrogen) atoms. The van der Waals surface area contributed by atoms with Crippen LogP contribution in [0.3, 0.4) is 0 Å². The van der Waals surface area contributed by atoms with Crippen LogP contribution in [-0.2, 0) is 0 Å². The maximum absolute atomic E-state index is 13.8. The fraction of sp³-hybridized carbons (Fsp3) is 0.120. The zero-order chi connectivity index (χ0) is 21.7. The Hall–Kier alpha value is -3.60. The van der Waals surface area contributed by atoms with Gasteiger partial charge in [0.25, 0.3) is 5.91 Å². The second kappa shape index (κ2) is 9.27. The van der Waals surface area contributed by atoms with Crippen LogP contribution < -0.4 is 5.32 Å². The van der Waals surface area contributed by atoms with E-state index < -0.39 is 23.1 Å². The molecule has 0 aliphatic carbocycles. The summed E-state index contributed by atoms with van der Waals surface area (Å²) in [7, 11) is 0. The molecule has 1 aromatic heterocycles. The number of pyridine rings is 1. The van der Waals surface area contributed by atoms with E-state index in [1.807, 2.05) is 51.1 Å². The predicted octanol–water partition coefficient (Wildman–Crippen LogP) is 6.57. The zero-order valence-electron chi connectivity index (χ0n) is 17.0. The number of carbonyl (C=O) groups excluding carboxylic acids is 1. The van der Waals surface area contributed by atoms with Gasteiger partial charge in [-0.2, -0.15) is 0 Å². The molecule has 1 heterocycles. The summed E-state index contributed by atoms with van der Waals surface area (Å²) in [5.74, 6) is -2.51. The molecule has 0 aliphatic rings. The van der Waals surface area contributed by atoms with E-state index in [9.17, 15) is 13.6 Å². The van der Waals surface area contributed by atoms with E-state index >= 15 is 0 Å². The fourth-order valence-corrected chi connectivity index (χ4v) is 3.17. The van der Waals surface area contributed by atoms with Gasteiger partial charge in [-0.3, -0.25) is 4.79 Å². The van der Waals surface area contributed by atoms with Gasteiger partial charge in [0.05, 0.1) is 0 Å². The highest BCUT2D eigenvalue weighted by atomic mass is 19.1. The highest BCUT2D eigenvalue weighted by molar-refractivity contribution is 6.04. The Bertz CT molecular complexity index is 1110. The second-order valence-corrected chi connectivity index (χ2v) is 6.76. The Labute approximate surface area is 174 Å². The number of carbonyl (C=O) groups is 1. The number of nitrogens with one attached hydrogen (secondary N) is 1. The first-order valence-electron chi connectivity index (χ1n) is 9.56. The normalized spacial score (nSPS) is 11.7. The number of allylic oxidation sites excluding steroid dienone is 4. The third-order valence-corrected chi connectivity index (χ3v) is 4.73. The summed E-state index contributed by atoms with van der Waals surface area (Å²) in [6, 6.07) is 12.9. The molecule has 1 N–H and O–H groups in total. The first-order chi connectivity index (χ1) is 14.4. The molecule has 3 rings (SSSR count). The van der Waals surface area contributed by atoms with Crippen molar-refractivity contribution in [3.05, 3.63) is 101 Å². The van der Waals surface area contributed by atoms with Crippen molar-refractivity contribution in [1.82, 2.24) is 4.98 Å². The first-order valence-corrected chi connectivity index (χ1v) is 9.56. The molecule has 3 nitrogen and oxygen atoms in total. The lowest BCUT2D eigenvalue weighted by Crippen LogP contribution is -2.16. The van der Waals surface area contributed by atoms with Crippen molar-refractivity contribution in [3.8, 4) is 11.1 Å². The van der Waals surface area contributed by atoms with E-state index in [4.69, 9.17) is 0 Å². The van der Waals surface area contributed by atoms with Gasteiger partial charge in [0.1, 0.15) is 23.0 Å². The van der Waals surface area contributed by atoms with Gasteiger partial charge in [0.2, 0.25) is 0 Å². The van der Waals surface area contributed by atoms with Crippen LogP contribution in [0, 0.1) is 18.6 Å². The molecule has 0 bridgehead atoms. The summed E-state index contributed by atoms with van der Waals surface area (Å²) in [5.41, 5.74) is 4.55. The largest absolute Gasteiger partial charge is 0.306 e. The van der Waals surface area contributed by atoms with Crippen LogP contribution in [0.2, 0.25) is 0 Å². The van der Waals surface area contributed by atoms with E-state index in [0.717, 1.165) is 40.0 Å². The molecule has 152 valence electrons. The van der Waals surface area contributed by atoms with Crippen LogP contribution >= 0.6 is 0 Å². The number of halogens is 2. The van der Waals surface area contributed by atoms with Crippen LogP contribution in [0.25, 0.3) is 16.7 Å². The Kier molecular flexibility index (Phi) is 6.52. The lowest BCUT2D eigenvalue weighted by atomic mass is 9.95. The van der Waals surface area contributed by atoms with Gasteiger partial charge in [-0.1, -0.05) is 36.4 Å². The second-order valence-electron chi connectivity index (χ2n) is 6.76. The molecule has 0 saturated heterocycles. The van der Waals surface area contributed by atoms with Gasteiger partial charge in [-0.15, -0.1) is 0 Å². The van der Waals surface area contributed by atoms with Crippen molar-refractivity contribution in [2.45, 2.75) is 20.8 Å². The van der Waals surface area contributed by atoms with Gasteiger partial charge in [0.15, 0.2) is 0 Å². The standard InChI is InChI=1S/C25H22F2N2O/c1-4-7-17(5-2)18-11-10-16(3)20(14-18)19-12-13-23(28-15-19)29-25(30)24-21(26)8-6-9-22(24)27/h4-15H,1-3H3,(H,28,29,30)/b7-4-,17-5+. The van der Waals surface area contributed by atoms with Crippen molar-refractivity contribution in [2.75, 3.05) is 5.32 Å². The van der Waals surface area contributed by atoms with Crippen molar-refractivity contribution < 1.29 is 13.6 Å². The molecule has 2 aromatic carbocycles. The minimum absolute atomic E-state index is 0.211. The topological polar surface area (TPSA) is 42.0 Å². The Morgan fingerprint density at radius 3 is 2.37 bits per heavy atom. The molecule has 5 heteroatoms. The van der Waals surface area contributed by atoms with Crippen molar-refractivity contribution in [3.63, 3.8) is 0 Å². The van der Waals surface area contributed by atoms with E-state index in [0.29, 0.717) is 0 Å². The van der Waals surface area contributed by atoms with E-state index in [2.05, 4.69) is 22.4 Å². The molecule has 0 aliphatic heterocycles. The predicted molar refractivity (Wildman–Crippen MR) is 117 cm³/mol. The summed E-state index contributed by atoms with van der Waals surface area (Å²) in [6.07, 6.45) is 7.72. The third kappa shape index (κ3) is 4.51. The van der Waals surface area contributed by atoms with E-state index in [-0.39, 0.29) is 5.82 Å². The fourth-order valence-electron chi connectivity index (χ4n) is 3.17. The van der Waals surface area contributed by atoms with Crippen molar-refractivity contribution in [1.29, 1.82) is 0 Å². The average molecular weight is 404 g/mol. The summed E-state index contributed by atoms with van der Waals surface area (Å²) in [4.78, 5) is 16.5. The smallest absolute Gasteiger partial charge is 0.262 e. The lowest BCUT2D eigenvalue weighted by molar-refractivity contribution is 0.101. The number of hydrogen-bond donors (Lipinski definition) is 1. The summed E-state index contributed by atoms with van der Waals surface area (Å²) < 4.78 is 27.6. The van der Waals surface area contributed by atoms with Gasteiger partial charge in [-0.05, 0) is 73.4 Å². The van der Waals surface area contributed by atoms with Gasteiger partial charge in [0, 0.05) is 11.8 Å². The highest BCUT2D eigenvalue weighted by Crippen LogP contribution is 2.28.